The Balaban J connectivity index is 1.89. The number of hydrogen-bond acceptors (Lipinski definition) is 4. The van der Waals surface area contributed by atoms with Crippen molar-refractivity contribution in [2.24, 2.45) is 0 Å². The van der Waals surface area contributed by atoms with Gasteiger partial charge in [0.2, 0.25) is 9.84 Å². The Morgan fingerprint density at radius 1 is 1.09 bits per heavy atom. The number of carbonyl (C=O) groups is 1. The molecule has 0 saturated heterocycles. The molecule has 6 nitrogen and oxygen atoms in total. The van der Waals surface area contributed by atoms with E-state index in [2.05, 4.69) is 4.98 Å². The van der Waals surface area contributed by atoms with E-state index >= 15 is 0 Å². The summed E-state index contributed by atoms with van der Waals surface area (Å²) in [6.45, 7) is 3.64. The molecule has 0 aliphatic carbocycles. The Labute approximate surface area is 191 Å². The number of carboxylic acids is 1. The predicted molar refractivity (Wildman–Crippen MR) is 123 cm³/mol. The van der Waals surface area contributed by atoms with Crippen molar-refractivity contribution in [2.45, 2.75) is 36.7 Å². The van der Waals surface area contributed by atoms with Crippen LogP contribution in [0.15, 0.2) is 70.7 Å². The first-order valence-electron chi connectivity index (χ1n) is 9.93. The molecule has 2 aromatic carbocycles. The van der Waals surface area contributed by atoms with Gasteiger partial charge in [0.1, 0.15) is 6.54 Å². The molecule has 8 heteroatoms. The van der Waals surface area contributed by atoms with Crippen molar-refractivity contribution >= 4 is 38.3 Å². The minimum absolute atomic E-state index is 0.00230. The first kappa shape index (κ1) is 22.0. The monoisotopic (exact) mass is 468 g/mol. The van der Waals surface area contributed by atoms with E-state index in [0.29, 0.717) is 5.56 Å². The van der Waals surface area contributed by atoms with Crippen LogP contribution in [0.4, 0.5) is 0 Å². The van der Waals surface area contributed by atoms with E-state index in [9.17, 15) is 18.3 Å². The summed E-state index contributed by atoms with van der Waals surface area (Å²) in [5, 5.41) is 10.4. The van der Waals surface area contributed by atoms with Crippen LogP contribution in [0.1, 0.15) is 22.4 Å². The van der Waals surface area contributed by atoms with E-state index < -0.39 is 15.8 Å². The zero-order chi connectivity index (χ0) is 23.0. The number of benzene rings is 2. The minimum Gasteiger partial charge on any atom is -0.480 e. The molecule has 2 aromatic heterocycles. The van der Waals surface area contributed by atoms with E-state index in [0.717, 1.165) is 27.7 Å². The Morgan fingerprint density at radius 3 is 2.56 bits per heavy atom. The number of sulfone groups is 1. The van der Waals surface area contributed by atoms with Gasteiger partial charge in [0, 0.05) is 29.2 Å². The molecule has 0 aliphatic heterocycles. The molecule has 164 valence electrons. The standard InChI is InChI=1S/C24H21ClN2O4S/c1-15-9-10-21-19(12-15)18(16(2)27(21)14-23(28)29)13-17-6-5-11-26-24(17)32(30,31)22-8-4-3-7-20(22)25/h3-12H,13-14H2,1-2H3,(H,28,29). The summed E-state index contributed by atoms with van der Waals surface area (Å²) in [4.78, 5) is 15.7. The van der Waals surface area contributed by atoms with Crippen molar-refractivity contribution in [3.63, 3.8) is 0 Å². The molecule has 0 atom stereocenters. The third-order valence-corrected chi connectivity index (χ3v) is 7.75. The molecule has 4 rings (SSSR count). The van der Waals surface area contributed by atoms with E-state index in [4.69, 9.17) is 11.6 Å². The summed E-state index contributed by atoms with van der Waals surface area (Å²) in [6, 6.07) is 15.5. The lowest BCUT2D eigenvalue weighted by Crippen LogP contribution is -2.11. The predicted octanol–water partition coefficient (Wildman–Crippen LogP) is 4.81. The second-order valence-corrected chi connectivity index (χ2v) is 9.88. The Hall–Kier alpha value is -3.16. The fraction of sp³-hybridized carbons (Fsp3) is 0.167. The number of pyridine rings is 1. The number of fused-ring (bicyclic) bond motifs is 1. The summed E-state index contributed by atoms with van der Waals surface area (Å²) in [6.07, 6.45) is 1.73. The molecule has 4 aromatic rings. The lowest BCUT2D eigenvalue weighted by Gasteiger charge is -2.11. The summed E-state index contributed by atoms with van der Waals surface area (Å²) < 4.78 is 28.5. The molecule has 1 N–H and O–H groups in total. The van der Waals surface area contributed by atoms with Gasteiger partial charge in [-0.2, -0.15) is 0 Å². The third kappa shape index (κ3) is 3.89. The first-order valence-corrected chi connectivity index (χ1v) is 11.8. The third-order valence-electron chi connectivity index (χ3n) is 5.50. The quantitative estimate of drug-likeness (QED) is 0.438. The van der Waals surface area contributed by atoms with Crippen LogP contribution in [0.5, 0.6) is 0 Å². The summed E-state index contributed by atoms with van der Waals surface area (Å²) in [7, 11) is -3.95. The smallest absolute Gasteiger partial charge is 0.323 e. The van der Waals surface area contributed by atoms with Gasteiger partial charge in [-0.1, -0.05) is 41.4 Å². The highest BCUT2D eigenvalue weighted by atomic mass is 35.5. The summed E-state index contributed by atoms with van der Waals surface area (Å²) >= 11 is 6.18. The Morgan fingerprint density at radius 2 is 1.84 bits per heavy atom. The maximum Gasteiger partial charge on any atom is 0.323 e. The van der Waals surface area contributed by atoms with Gasteiger partial charge < -0.3 is 9.67 Å². The maximum absolute atomic E-state index is 13.4. The molecule has 0 saturated carbocycles. The average molecular weight is 469 g/mol. The van der Waals surface area contributed by atoms with Gasteiger partial charge >= 0.3 is 5.97 Å². The van der Waals surface area contributed by atoms with Gasteiger partial charge in [0.05, 0.1) is 9.92 Å². The number of aromatic nitrogens is 2. The van der Waals surface area contributed by atoms with Crippen molar-refractivity contribution < 1.29 is 18.3 Å². The van der Waals surface area contributed by atoms with Crippen LogP contribution >= 0.6 is 11.6 Å². The number of aryl methyl sites for hydroxylation is 1. The van der Waals surface area contributed by atoms with Gasteiger partial charge in [-0.05, 0) is 55.3 Å². The van der Waals surface area contributed by atoms with Crippen LogP contribution in [0.3, 0.4) is 0 Å². The highest BCUT2D eigenvalue weighted by Gasteiger charge is 2.26. The van der Waals surface area contributed by atoms with Crippen LogP contribution in [-0.2, 0) is 27.6 Å². The lowest BCUT2D eigenvalue weighted by molar-refractivity contribution is -0.137. The highest BCUT2D eigenvalue weighted by Crippen LogP contribution is 2.33. The van der Waals surface area contributed by atoms with Crippen LogP contribution in [0.2, 0.25) is 5.02 Å². The zero-order valence-electron chi connectivity index (χ0n) is 17.5. The second kappa shape index (κ2) is 8.41. The number of halogens is 1. The molecular weight excluding hydrogens is 448 g/mol. The molecule has 0 aliphatic rings. The molecule has 0 bridgehead atoms. The number of nitrogens with zero attached hydrogens (tertiary/aromatic N) is 2. The van der Waals surface area contributed by atoms with Crippen molar-refractivity contribution in [1.82, 2.24) is 9.55 Å². The SMILES string of the molecule is Cc1ccc2c(c1)c(Cc1cccnc1S(=O)(=O)c1ccccc1Cl)c(C)n2CC(=O)O. The molecule has 0 spiro atoms. The van der Waals surface area contributed by atoms with E-state index in [-0.39, 0.29) is 27.9 Å². The first-order chi connectivity index (χ1) is 15.2. The van der Waals surface area contributed by atoms with E-state index in [1.54, 1.807) is 28.8 Å². The van der Waals surface area contributed by atoms with Crippen molar-refractivity contribution in [3.8, 4) is 0 Å². The molecule has 0 radical (unpaired) electrons. The number of hydrogen-bond donors (Lipinski definition) is 1. The second-order valence-electron chi connectivity index (χ2n) is 7.64. The van der Waals surface area contributed by atoms with Gasteiger partial charge in [0.15, 0.2) is 5.03 Å². The van der Waals surface area contributed by atoms with Crippen LogP contribution in [0.25, 0.3) is 10.9 Å². The number of carboxylic acid groups (broad SMARTS) is 1. The molecule has 0 unspecified atom stereocenters. The Bertz CT molecular complexity index is 1460. The fourth-order valence-electron chi connectivity index (χ4n) is 3.99. The number of aliphatic carboxylic acids is 1. The summed E-state index contributed by atoms with van der Waals surface area (Å²) in [5.41, 5.74) is 3.99. The molecule has 2 heterocycles. The highest BCUT2D eigenvalue weighted by molar-refractivity contribution is 7.91. The van der Waals surface area contributed by atoms with Crippen molar-refractivity contribution in [3.05, 3.63) is 88.2 Å². The number of rotatable bonds is 6. The van der Waals surface area contributed by atoms with Gasteiger partial charge in [-0.15, -0.1) is 0 Å². The van der Waals surface area contributed by atoms with E-state index in [1.807, 2.05) is 32.0 Å². The lowest BCUT2D eigenvalue weighted by atomic mass is 10.0. The van der Waals surface area contributed by atoms with Crippen LogP contribution in [0, 0.1) is 13.8 Å². The van der Waals surface area contributed by atoms with Crippen LogP contribution in [-0.4, -0.2) is 29.0 Å². The topological polar surface area (TPSA) is 89.3 Å². The van der Waals surface area contributed by atoms with Gasteiger partial charge in [0.25, 0.3) is 0 Å². The molecule has 32 heavy (non-hydrogen) atoms. The molecule has 0 fully saturated rings. The van der Waals surface area contributed by atoms with Crippen LogP contribution < -0.4 is 0 Å². The average Bonchev–Trinajstić information content (AvgIpc) is 2.99. The molecule has 0 amide bonds. The largest absolute Gasteiger partial charge is 0.480 e. The van der Waals surface area contributed by atoms with Gasteiger partial charge in [-0.25, -0.2) is 13.4 Å². The fourth-order valence-corrected chi connectivity index (χ4v) is 5.90. The van der Waals surface area contributed by atoms with E-state index in [1.165, 1.54) is 18.3 Å². The summed E-state index contributed by atoms with van der Waals surface area (Å²) in [5.74, 6) is -0.944. The van der Waals surface area contributed by atoms with Gasteiger partial charge in [-0.3, -0.25) is 4.79 Å². The molecular formula is C24H21ClN2O4S. The Kier molecular flexibility index (Phi) is 5.79. The zero-order valence-corrected chi connectivity index (χ0v) is 19.1. The van der Waals surface area contributed by atoms with Crippen molar-refractivity contribution in [2.75, 3.05) is 0 Å². The maximum atomic E-state index is 13.4. The minimum atomic E-state index is -3.95. The van der Waals surface area contributed by atoms with Crippen molar-refractivity contribution in [1.29, 1.82) is 0 Å². The normalized spacial score (nSPS) is 11.7.